The van der Waals surface area contributed by atoms with E-state index in [0.717, 1.165) is 12.3 Å². The number of nitrogens with one attached hydrogen (secondary N) is 1. The van der Waals surface area contributed by atoms with Crippen molar-refractivity contribution in [1.29, 1.82) is 0 Å². The summed E-state index contributed by atoms with van der Waals surface area (Å²) in [6, 6.07) is -0.0475. The molecule has 1 saturated heterocycles. The summed E-state index contributed by atoms with van der Waals surface area (Å²) in [5, 5.41) is 12.1. The van der Waals surface area contributed by atoms with Gasteiger partial charge in [0.05, 0.1) is 0 Å². The van der Waals surface area contributed by atoms with Crippen molar-refractivity contribution >= 4 is 22.9 Å². The SMILES string of the molecule is CC(C)(C)C(CCO)NC(=O)CCN1CCSC1=O. The van der Waals surface area contributed by atoms with Gasteiger partial charge in [0.1, 0.15) is 0 Å². The van der Waals surface area contributed by atoms with Crippen LogP contribution in [0, 0.1) is 5.41 Å². The Morgan fingerprint density at radius 2 is 2.21 bits per heavy atom. The Morgan fingerprint density at radius 3 is 2.68 bits per heavy atom. The number of amides is 2. The van der Waals surface area contributed by atoms with Gasteiger partial charge in [-0.05, 0) is 11.8 Å². The summed E-state index contributed by atoms with van der Waals surface area (Å²) < 4.78 is 0. The van der Waals surface area contributed by atoms with Crippen LogP contribution >= 0.6 is 11.8 Å². The zero-order chi connectivity index (χ0) is 14.5. The van der Waals surface area contributed by atoms with Gasteiger partial charge in [0.25, 0.3) is 5.24 Å². The first-order valence-corrected chi connectivity index (χ1v) is 7.65. The lowest BCUT2D eigenvalue weighted by Gasteiger charge is -2.31. The number of hydrogen-bond donors (Lipinski definition) is 2. The summed E-state index contributed by atoms with van der Waals surface area (Å²) in [7, 11) is 0. The van der Waals surface area contributed by atoms with E-state index in [1.165, 1.54) is 11.8 Å². The first-order chi connectivity index (χ1) is 8.84. The molecule has 1 atom stereocenters. The second kappa shape index (κ2) is 7.14. The van der Waals surface area contributed by atoms with Gasteiger partial charge in [0, 0.05) is 37.9 Å². The van der Waals surface area contributed by atoms with Gasteiger partial charge >= 0.3 is 0 Å². The van der Waals surface area contributed by atoms with Crippen LogP contribution in [-0.2, 0) is 4.79 Å². The smallest absolute Gasteiger partial charge is 0.281 e. The van der Waals surface area contributed by atoms with E-state index in [1.807, 2.05) is 20.8 Å². The Morgan fingerprint density at radius 1 is 1.53 bits per heavy atom. The molecular formula is C13H24N2O3S. The number of aliphatic hydroxyl groups is 1. The zero-order valence-corrected chi connectivity index (χ0v) is 12.8. The number of rotatable bonds is 6. The van der Waals surface area contributed by atoms with E-state index in [2.05, 4.69) is 5.32 Å². The molecule has 0 spiro atoms. The van der Waals surface area contributed by atoms with E-state index in [-0.39, 0.29) is 29.2 Å². The highest BCUT2D eigenvalue weighted by molar-refractivity contribution is 8.13. The molecule has 1 unspecified atom stereocenters. The Labute approximate surface area is 119 Å². The molecule has 1 heterocycles. The summed E-state index contributed by atoms with van der Waals surface area (Å²) >= 11 is 1.31. The summed E-state index contributed by atoms with van der Waals surface area (Å²) in [5.41, 5.74) is -0.0856. The van der Waals surface area contributed by atoms with Crippen LogP contribution in [0.3, 0.4) is 0 Å². The van der Waals surface area contributed by atoms with Crippen molar-refractivity contribution in [2.24, 2.45) is 5.41 Å². The summed E-state index contributed by atoms with van der Waals surface area (Å²) in [6.07, 6.45) is 0.873. The maximum absolute atomic E-state index is 11.9. The van der Waals surface area contributed by atoms with Gasteiger partial charge in [-0.2, -0.15) is 0 Å². The Balaban J connectivity index is 2.38. The monoisotopic (exact) mass is 288 g/mol. The molecule has 6 heteroatoms. The highest BCUT2D eigenvalue weighted by atomic mass is 32.2. The van der Waals surface area contributed by atoms with Gasteiger partial charge in [0.15, 0.2) is 0 Å². The molecule has 0 aromatic rings. The van der Waals surface area contributed by atoms with Crippen LogP contribution in [0.2, 0.25) is 0 Å². The fourth-order valence-corrected chi connectivity index (χ4v) is 2.83. The fraction of sp³-hybridized carbons (Fsp3) is 0.846. The molecule has 0 radical (unpaired) electrons. The predicted octanol–water partition coefficient (Wildman–Crippen LogP) is 1.46. The van der Waals surface area contributed by atoms with Crippen LogP contribution in [0.1, 0.15) is 33.6 Å². The number of carbonyl (C=O) groups is 2. The number of aliphatic hydroxyl groups excluding tert-OH is 1. The minimum atomic E-state index is -0.0856. The largest absolute Gasteiger partial charge is 0.396 e. The van der Waals surface area contributed by atoms with E-state index >= 15 is 0 Å². The van der Waals surface area contributed by atoms with E-state index in [9.17, 15) is 9.59 Å². The molecule has 0 saturated carbocycles. The normalized spacial score (nSPS) is 17.7. The highest BCUT2D eigenvalue weighted by Crippen LogP contribution is 2.22. The molecule has 1 aliphatic heterocycles. The molecule has 19 heavy (non-hydrogen) atoms. The molecule has 1 aliphatic rings. The third-order valence-electron chi connectivity index (χ3n) is 3.25. The predicted molar refractivity (Wildman–Crippen MR) is 77.1 cm³/mol. The molecule has 2 amide bonds. The zero-order valence-electron chi connectivity index (χ0n) is 11.9. The molecule has 2 N–H and O–H groups in total. The van der Waals surface area contributed by atoms with Gasteiger partial charge in [-0.25, -0.2) is 0 Å². The lowest BCUT2D eigenvalue weighted by atomic mass is 9.85. The Bertz CT molecular complexity index is 328. The van der Waals surface area contributed by atoms with Gasteiger partial charge in [-0.3, -0.25) is 9.59 Å². The van der Waals surface area contributed by atoms with Crippen molar-refractivity contribution < 1.29 is 14.7 Å². The van der Waals surface area contributed by atoms with Gasteiger partial charge in [-0.1, -0.05) is 32.5 Å². The van der Waals surface area contributed by atoms with Crippen LogP contribution in [0.25, 0.3) is 0 Å². The third-order valence-corrected chi connectivity index (χ3v) is 4.14. The van der Waals surface area contributed by atoms with E-state index in [4.69, 9.17) is 5.11 Å². The van der Waals surface area contributed by atoms with Crippen LogP contribution in [0.15, 0.2) is 0 Å². The third kappa shape index (κ3) is 5.40. The molecule has 1 fully saturated rings. The fourth-order valence-electron chi connectivity index (χ4n) is 1.98. The number of hydrogen-bond acceptors (Lipinski definition) is 4. The molecule has 1 rings (SSSR count). The second-order valence-corrected chi connectivity index (χ2v) is 6.90. The van der Waals surface area contributed by atoms with Gasteiger partial charge in [-0.15, -0.1) is 0 Å². The number of nitrogens with zero attached hydrogens (tertiary/aromatic N) is 1. The van der Waals surface area contributed by atoms with E-state index in [1.54, 1.807) is 4.90 Å². The lowest BCUT2D eigenvalue weighted by molar-refractivity contribution is -0.122. The molecule has 110 valence electrons. The number of thioether (sulfide) groups is 1. The maximum atomic E-state index is 11.9. The highest BCUT2D eigenvalue weighted by Gasteiger charge is 2.26. The molecule has 0 aliphatic carbocycles. The van der Waals surface area contributed by atoms with E-state index < -0.39 is 0 Å². The minimum Gasteiger partial charge on any atom is -0.396 e. The topological polar surface area (TPSA) is 69.6 Å². The van der Waals surface area contributed by atoms with E-state index in [0.29, 0.717) is 19.4 Å². The van der Waals surface area contributed by atoms with Crippen LogP contribution in [0.4, 0.5) is 4.79 Å². The Hall–Kier alpha value is -0.750. The first-order valence-electron chi connectivity index (χ1n) is 6.66. The van der Waals surface area contributed by atoms with Crippen LogP contribution < -0.4 is 5.32 Å². The van der Waals surface area contributed by atoms with Crippen molar-refractivity contribution in [2.75, 3.05) is 25.4 Å². The summed E-state index contributed by atoms with van der Waals surface area (Å²) in [5.74, 6) is 0.758. The standard InChI is InChI=1S/C13H24N2O3S/c1-13(2,3)10(5-8-16)14-11(17)4-6-15-7-9-19-12(15)18/h10,16H,4-9H2,1-3H3,(H,14,17). The van der Waals surface area contributed by atoms with Crippen molar-refractivity contribution in [3.8, 4) is 0 Å². The quantitative estimate of drug-likeness (QED) is 0.776. The lowest BCUT2D eigenvalue weighted by Crippen LogP contribution is -2.45. The second-order valence-electron chi connectivity index (χ2n) is 5.85. The molecule has 0 aromatic carbocycles. The van der Waals surface area contributed by atoms with Crippen molar-refractivity contribution in [1.82, 2.24) is 10.2 Å². The maximum Gasteiger partial charge on any atom is 0.281 e. The van der Waals surface area contributed by atoms with Crippen molar-refractivity contribution in [3.05, 3.63) is 0 Å². The van der Waals surface area contributed by atoms with Crippen molar-refractivity contribution in [2.45, 2.75) is 39.7 Å². The van der Waals surface area contributed by atoms with Crippen molar-refractivity contribution in [3.63, 3.8) is 0 Å². The average molecular weight is 288 g/mol. The molecular weight excluding hydrogens is 264 g/mol. The molecule has 5 nitrogen and oxygen atoms in total. The average Bonchev–Trinajstić information content (AvgIpc) is 2.70. The Kier molecular flexibility index (Phi) is 6.13. The molecule has 0 aromatic heterocycles. The molecule has 0 bridgehead atoms. The summed E-state index contributed by atoms with van der Waals surface area (Å²) in [6.45, 7) is 7.38. The minimum absolute atomic E-state index is 0.0475. The van der Waals surface area contributed by atoms with Crippen LogP contribution in [0.5, 0.6) is 0 Å². The van der Waals surface area contributed by atoms with Gasteiger partial charge in [0.2, 0.25) is 5.91 Å². The van der Waals surface area contributed by atoms with Gasteiger partial charge < -0.3 is 15.3 Å². The first kappa shape index (κ1) is 16.3. The van der Waals surface area contributed by atoms with Crippen LogP contribution in [-0.4, -0.2) is 52.6 Å². The summed E-state index contributed by atoms with van der Waals surface area (Å²) in [4.78, 5) is 25.0. The number of carbonyl (C=O) groups excluding carboxylic acids is 2.